The van der Waals surface area contributed by atoms with E-state index in [1.807, 2.05) is 25.1 Å². The van der Waals surface area contributed by atoms with Crippen LogP contribution in [0.4, 0.5) is 5.13 Å². The van der Waals surface area contributed by atoms with Gasteiger partial charge < -0.3 is 5.73 Å². The normalized spacial score (nSPS) is 10.7. The van der Waals surface area contributed by atoms with E-state index < -0.39 is 0 Å². The fourth-order valence-corrected chi connectivity index (χ4v) is 3.43. The number of hydrogen-bond acceptors (Lipinski definition) is 6. The highest BCUT2D eigenvalue weighted by atomic mass is 32.1. The molecule has 3 aromatic rings. The van der Waals surface area contributed by atoms with Crippen molar-refractivity contribution in [2.75, 3.05) is 5.73 Å². The molecule has 2 N–H and O–H groups in total. The molecule has 0 aliphatic carbocycles. The standard InChI is InChI=1S/C12H10N4S2/c1-7-9(11-15-16-12(13)18-11)17-10(14-7)8-5-3-2-4-6-8/h2-6H,1H3,(H2,13,16). The largest absolute Gasteiger partial charge is 0.374 e. The van der Waals surface area contributed by atoms with Gasteiger partial charge in [-0.15, -0.1) is 21.5 Å². The molecule has 3 rings (SSSR count). The smallest absolute Gasteiger partial charge is 0.203 e. The van der Waals surface area contributed by atoms with E-state index in [9.17, 15) is 0 Å². The van der Waals surface area contributed by atoms with Crippen LogP contribution in [0.1, 0.15) is 5.69 Å². The Labute approximate surface area is 112 Å². The van der Waals surface area contributed by atoms with Crippen LogP contribution in [0.3, 0.4) is 0 Å². The SMILES string of the molecule is Cc1nc(-c2ccccc2)sc1-c1nnc(N)s1. The van der Waals surface area contributed by atoms with E-state index in [-0.39, 0.29) is 0 Å². The van der Waals surface area contributed by atoms with Crippen molar-refractivity contribution in [3.63, 3.8) is 0 Å². The highest BCUT2D eigenvalue weighted by molar-refractivity contribution is 7.24. The summed E-state index contributed by atoms with van der Waals surface area (Å²) in [5.74, 6) is 0. The molecule has 0 spiro atoms. The lowest BCUT2D eigenvalue weighted by atomic mass is 10.2. The van der Waals surface area contributed by atoms with Gasteiger partial charge in [0, 0.05) is 5.56 Å². The number of thiazole rings is 1. The van der Waals surface area contributed by atoms with Gasteiger partial charge in [-0.1, -0.05) is 41.7 Å². The maximum absolute atomic E-state index is 5.61. The van der Waals surface area contributed by atoms with Crippen molar-refractivity contribution >= 4 is 27.8 Å². The highest BCUT2D eigenvalue weighted by Gasteiger charge is 2.14. The van der Waals surface area contributed by atoms with Crippen molar-refractivity contribution in [3.8, 4) is 20.5 Å². The molecule has 0 saturated carbocycles. The summed E-state index contributed by atoms with van der Waals surface area (Å²) in [6, 6.07) is 10.1. The Hall–Kier alpha value is -1.79. The van der Waals surface area contributed by atoms with Gasteiger partial charge in [-0.05, 0) is 6.92 Å². The summed E-state index contributed by atoms with van der Waals surface area (Å²) in [4.78, 5) is 5.63. The quantitative estimate of drug-likeness (QED) is 0.779. The molecule has 2 heterocycles. The Morgan fingerprint density at radius 1 is 1.00 bits per heavy atom. The van der Waals surface area contributed by atoms with Crippen LogP contribution in [0.15, 0.2) is 30.3 Å². The van der Waals surface area contributed by atoms with Gasteiger partial charge in [0.05, 0.1) is 10.6 Å². The molecule has 0 aliphatic rings. The van der Waals surface area contributed by atoms with Gasteiger partial charge in [-0.2, -0.15) is 0 Å². The maximum Gasteiger partial charge on any atom is 0.203 e. The van der Waals surface area contributed by atoms with E-state index >= 15 is 0 Å². The molecule has 2 aromatic heterocycles. The van der Waals surface area contributed by atoms with E-state index in [2.05, 4.69) is 27.3 Å². The summed E-state index contributed by atoms with van der Waals surface area (Å²) < 4.78 is 0. The molecule has 0 saturated heterocycles. The summed E-state index contributed by atoms with van der Waals surface area (Å²) in [6.07, 6.45) is 0. The van der Waals surface area contributed by atoms with Crippen molar-refractivity contribution in [1.29, 1.82) is 0 Å². The van der Waals surface area contributed by atoms with Crippen LogP contribution in [0, 0.1) is 6.92 Å². The first kappa shape index (κ1) is 11.3. The van der Waals surface area contributed by atoms with E-state index in [1.54, 1.807) is 11.3 Å². The molecule has 1 aromatic carbocycles. The number of nitrogens with zero attached hydrogens (tertiary/aromatic N) is 3. The van der Waals surface area contributed by atoms with E-state index in [0.717, 1.165) is 26.1 Å². The predicted molar refractivity (Wildman–Crippen MR) is 75.6 cm³/mol. The number of hydrogen-bond donors (Lipinski definition) is 1. The molecule has 6 heteroatoms. The second-order valence-corrected chi connectivity index (χ2v) is 5.75. The zero-order chi connectivity index (χ0) is 12.5. The second kappa shape index (κ2) is 4.47. The topological polar surface area (TPSA) is 64.7 Å². The fourth-order valence-electron chi connectivity index (χ4n) is 1.63. The van der Waals surface area contributed by atoms with Crippen LogP contribution >= 0.6 is 22.7 Å². The van der Waals surface area contributed by atoms with Gasteiger partial charge in [0.1, 0.15) is 5.01 Å². The monoisotopic (exact) mass is 274 g/mol. The molecule has 0 unspecified atom stereocenters. The van der Waals surface area contributed by atoms with Gasteiger partial charge in [-0.3, -0.25) is 0 Å². The Kier molecular flexibility index (Phi) is 2.81. The Balaban J connectivity index is 2.06. The zero-order valence-corrected chi connectivity index (χ0v) is 11.3. The number of nitrogen functional groups attached to an aromatic ring is 1. The van der Waals surface area contributed by atoms with Crippen LogP contribution in [0.5, 0.6) is 0 Å². The third-order valence-electron chi connectivity index (χ3n) is 2.45. The molecule has 4 nitrogen and oxygen atoms in total. The third-order valence-corrected chi connectivity index (χ3v) is 4.56. The first-order valence-electron chi connectivity index (χ1n) is 5.36. The average Bonchev–Trinajstić information content (AvgIpc) is 2.97. The molecule has 0 fully saturated rings. The molecular formula is C12H10N4S2. The van der Waals surface area contributed by atoms with Crippen LogP contribution in [0.2, 0.25) is 0 Å². The van der Waals surface area contributed by atoms with Crippen LogP contribution in [0.25, 0.3) is 20.5 Å². The van der Waals surface area contributed by atoms with Gasteiger partial charge in [-0.25, -0.2) is 4.98 Å². The number of benzene rings is 1. The molecule has 0 atom stereocenters. The molecule has 90 valence electrons. The first-order valence-corrected chi connectivity index (χ1v) is 6.99. The lowest BCUT2D eigenvalue weighted by Crippen LogP contribution is -1.80. The van der Waals surface area contributed by atoms with Crippen molar-refractivity contribution in [3.05, 3.63) is 36.0 Å². The van der Waals surface area contributed by atoms with Gasteiger partial charge in [0.2, 0.25) is 5.13 Å². The average molecular weight is 274 g/mol. The number of nitrogens with two attached hydrogens (primary N) is 1. The van der Waals surface area contributed by atoms with Gasteiger partial charge in [0.15, 0.2) is 5.01 Å². The second-order valence-electron chi connectivity index (χ2n) is 3.75. The summed E-state index contributed by atoms with van der Waals surface area (Å²) in [7, 11) is 0. The Morgan fingerprint density at radius 3 is 2.44 bits per heavy atom. The maximum atomic E-state index is 5.61. The molecule has 0 bridgehead atoms. The van der Waals surface area contributed by atoms with Gasteiger partial charge in [0.25, 0.3) is 0 Å². The number of aryl methyl sites for hydroxylation is 1. The van der Waals surface area contributed by atoms with Crippen molar-refractivity contribution in [1.82, 2.24) is 15.2 Å². The van der Waals surface area contributed by atoms with E-state index in [0.29, 0.717) is 5.13 Å². The van der Waals surface area contributed by atoms with E-state index in [1.165, 1.54) is 11.3 Å². The van der Waals surface area contributed by atoms with Crippen molar-refractivity contribution < 1.29 is 0 Å². The molecule has 0 amide bonds. The van der Waals surface area contributed by atoms with Crippen molar-refractivity contribution in [2.45, 2.75) is 6.92 Å². The first-order chi connectivity index (χ1) is 8.74. The van der Waals surface area contributed by atoms with E-state index in [4.69, 9.17) is 5.73 Å². The Bertz CT molecular complexity index is 672. The van der Waals surface area contributed by atoms with Crippen LogP contribution < -0.4 is 5.73 Å². The summed E-state index contributed by atoms with van der Waals surface area (Å²) in [5.41, 5.74) is 7.70. The predicted octanol–water partition coefficient (Wildman–Crippen LogP) is 3.22. The lowest BCUT2D eigenvalue weighted by molar-refractivity contribution is 1.10. The van der Waals surface area contributed by atoms with Crippen LogP contribution in [-0.4, -0.2) is 15.2 Å². The fraction of sp³-hybridized carbons (Fsp3) is 0.0833. The van der Waals surface area contributed by atoms with Crippen LogP contribution in [-0.2, 0) is 0 Å². The molecule has 0 aliphatic heterocycles. The van der Waals surface area contributed by atoms with Gasteiger partial charge >= 0.3 is 0 Å². The zero-order valence-electron chi connectivity index (χ0n) is 9.62. The minimum Gasteiger partial charge on any atom is -0.374 e. The minimum atomic E-state index is 0.485. The summed E-state index contributed by atoms with van der Waals surface area (Å²) in [6.45, 7) is 1.98. The number of aromatic nitrogens is 3. The molecular weight excluding hydrogens is 264 g/mol. The lowest BCUT2D eigenvalue weighted by Gasteiger charge is -1.92. The number of anilines is 1. The molecule has 18 heavy (non-hydrogen) atoms. The summed E-state index contributed by atoms with van der Waals surface area (Å²) in [5, 5.41) is 10.2. The summed E-state index contributed by atoms with van der Waals surface area (Å²) >= 11 is 3.01. The highest BCUT2D eigenvalue weighted by Crippen LogP contribution is 2.36. The third kappa shape index (κ3) is 2.00. The minimum absolute atomic E-state index is 0.485. The Morgan fingerprint density at radius 2 is 1.78 bits per heavy atom. The van der Waals surface area contributed by atoms with Crippen molar-refractivity contribution in [2.24, 2.45) is 0 Å². The molecule has 0 radical (unpaired) electrons. The number of rotatable bonds is 2.